The lowest BCUT2D eigenvalue weighted by Crippen LogP contribution is -2.25. The fourth-order valence-electron chi connectivity index (χ4n) is 1.65. The first-order chi connectivity index (χ1) is 7.66. The molecule has 1 N–H and O–H groups in total. The maximum absolute atomic E-state index is 13.7. The second-order valence-electron chi connectivity index (χ2n) is 4.30. The van der Waals surface area contributed by atoms with E-state index in [-0.39, 0.29) is 0 Å². The van der Waals surface area contributed by atoms with Gasteiger partial charge in [0.15, 0.2) is 5.82 Å². The molecule has 2 nitrogen and oxygen atoms in total. The highest BCUT2D eigenvalue weighted by atomic mass is 35.5. The van der Waals surface area contributed by atoms with Crippen LogP contribution in [0.25, 0.3) is 0 Å². The van der Waals surface area contributed by atoms with Gasteiger partial charge >= 0.3 is 5.97 Å². The van der Waals surface area contributed by atoms with Crippen LogP contribution in [0.4, 0.5) is 13.2 Å². The van der Waals surface area contributed by atoms with Crippen molar-refractivity contribution in [1.82, 2.24) is 0 Å². The topological polar surface area (TPSA) is 37.3 Å². The van der Waals surface area contributed by atoms with Crippen LogP contribution in [0, 0.1) is 17.5 Å². The summed E-state index contributed by atoms with van der Waals surface area (Å²) in [5.41, 5.74) is -1.84. The number of aliphatic carboxylic acids is 1. The van der Waals surface area contributed by atoms with Crippen LogP contribution in [0.5, 0.6) is 0 Å². The van der Waals surface area contributed by atoms with Crippen LogP contribution in [-0.4, -0.2) is 11.1 Å². The number of carboxylic acids is 1. The summed E-state index contributed by atoms with van der Waals surface area (Å²) in [6.07, 6.45) is -0.497. The zero-order chi connectivity index (χ0) is 13.4. The molecule has 6 heteroatoms. The molecule has 0 aliphatic rings. The largest absolute Gasteiger partial charge is 0.481 e. The van der Waals surface area contributed by atoms with Gasteiger partial charge in [0.05, 0.1) is 6.42 Å². The molecule has 0 unspecified atom stereocenters. The number of hydrogen-bond donors (Lipinski definition) is 1. The Morgan fingerprint density at radius 1 is 1.35 bits per heavy atom. The molecule has 0 aliphatic heterocycles. The lowest BCUT2D eigenvalue weighted by Gasteiger charge is -2.24. The molecule has 0 bridgehead atoms. The number of carbonyl (C=O) groups is 1. The Kier molecular flexibility index (Phi) is 3.71. The third kappa shape index (κ3) is 2.72. The van der Waals surface area contributed by atoms with Gasteiger partial charge in [-0.25, -0.2) is 13.2 Å². The van der Waals surface area contributed by atoms with Gasteiger partial charge in [-0.3, -0.25) is 4.79 Å². The quantitative estimate of drug-likeness (QED) is 0.671. The second kappa shape index (κ2) is 4.56. The van der Waals surface area contributed by atoms with Crippen molar-refractivity contribution < 1.29 is 23.1 Å². The first-order valence-electron chi connectivity index (χ1n) is 4.72. The highest BCUT2D eigenvalue weighted by Crippen LogP contribution is 2.35. The molecule has 1 aromatic carbocycles. The zero-order valence-electron chi connectivity index (χ0n) is 9.15. The van der Waals surface area contributed by atoms with Crippen molar-refractivity contribution in [1.29, 1.82) is 0 Å². The summed E-state index contributed by atoms with van der Waals surface area (Å²) < 4.78 is 40.1. The molecule has 0 aliphatic carbocycles. The first-order valence-corrected chi connectivity index (χ1v) is 5.10. The number of hydrogen-bond acceptors (Lipinski definition) is 1. The number of carboxylic acid groups (broad SMARTS) is 1. The van der Waals surface area contributed by atoms with Crippen LogP contribution in [0.1, 0.15) is 25.8 Å². The van der Waals surface area contributed by atoms with Crippen LogP contribution in [0.15, 0.2) is 6.07 Å². The molecule has 0 radical (unpaired) electrons. The Hall–Kier alpha value is -1.23. The van der Waals surface area contributed by atoms with Gasteiger partial charge in [0, 0.05) is 17.0 Å². The summed E-state index contributed by atoms with van der Waals surface area (Å²) in [4.78, 5) is 10.6. The monoisotopic (exact) mass is 266 g/mol. The molecular weight excluding hydrogens is 257 g/mol. The van der Waals surface area contributed by atoms with Gasteiger partial charge in [0.25, 0.3) is 0 Å². The number of rotatable bonds is 3. The van der Waals surface area contributed by atoms with Crippen molar-refractivity contribution in [3.8, 4) is 0 Å². The molecule has 0 fully saturated rings. The van der Waals surface area contributed by atoms with Crippen LogP contribution < -0.4 is 0 Å². The Morgan fingerprint density at radius 2 is 1.88 bits per heavy atom. The van der Waals surface area contributed by atoms with Crippen molar-refractivity contribution in [3.63, 3.8) is 0 Å². The Morgan fingerprint density at radius 3 is 2.35 bits per heavy atom. The van der Waals surface area contributed by atoms with E-state index >= 15 is 0 Å². The standard InChI is InChI=1S/C11H10ClF3O2/c1-11(2,4-7(16)17)8-5(13)3-6(14)9(12)10(8)15/h3H,4H2,1-2H3,(H,16,17). The molecule has 0 aromatic heterocycles. The molecule has 0 spiro atoms. The third-order valence-electron chi connectivity index (χ3n) is 2.38. The highest BCUT2D eigenvalue weighted by Gasteiger charge is 2.32. The summed E-state index contributed by atoms with van der Waals surface area (Å²) in [6.45, 7) is 2.69. The minimum absolute atomic E-state index is 0.449. The van der Waals surface area contributed by atoms with E-state index in [0.717, 1.165) is 0 Å². The second-order valence-corrected chi connectivity index (χ2v) is 4.68. The molecule has 17 heavy (non-hydrogen) atoms. The zero-order valence-corrected chi connectivity index (χ0v) is 9.91. The fourth-order valence-corrected chi connectivity index (χ4v) is 1.80. The van der Waals surface area contributed by atoms with Crippen molar-refractivity contribution in [2.45, 2.75) is 25.7 Å². The molecule has 0 saturated heterocycles. The Labute approximate surface area is 101 Å². The predicted octanol–water partition coefficient (Wildman–Crippen LogP) is 3.51. The summed E-state index contributed by atoms with van der Waals surface area (Å²) >= 11 is 5.33. The molecule has 0 saturated carbocycles. The van der Waals surface area contributed by atoms with E-state index in [0.29, 0.717) is 6.07 Å². The van der Waals surface area contributed by atoms with Crippen LogP contribution in [0.3, 0.4) is 0 Å². The van der Waals surface area contributed by atoms with Gasteiger partial charge in [-0.05, 0) is 0 Å². The van der Waals surface area contributed by atoms with E-state index in [4.69, 9.17) is 16.7 Å². The van der Waals surface area contributed by atoms with Crippen molar-refractivity contribution >= 4 is 17.6 Å². The smallest absolute Gasteiger partial charge is 0.304 e. The van der Waals surface area contributed by atoms with Crippen LogP contribution in [-0.2, 0) is 10.2 Å². The average Bonchev–Trinajstić information content (AvgIpc) is 2.11. The van der Waals surface area contributed by atoms with Crippen molar-refractivity contribution in [3.05, 3.63) is 34.1 Å². The first kappa shape index (κ1) is 13.8. The van der Waals surface area contributed by atoms with Gasteiger partial charge in [0.2, 0.25) is 0 Å². The summed E-state index contributed by atoms with van der Waals surface area (Å²) in [5, 5.41) is 7.83. The van der Waals surface area contributed by atoms with Gasteiger partial charge in [0.1, 0.15) is 16.7 Å². The van der Waals surface area contributed by atoms with Crippen LogP contribution >= 0.6 is 11.6 Å². The van der Waals surface area contributed by atoms with E-state index in [1.54, 1.807) is 0 Å². The number of halogens is 4. The Balaban J connectivity index is 3.40. The van der Waals surface area contributed by atoms with Crippen molar-refractivity contribution in [2.75, 3.05) is 0 Å². The Bertz CT molecular complexity index is 472. The van der Waals surface area contributed by atoms with Gasteiger partial charge in [-0.1, -0.05) is 25.4 Å². The lowest BCUT2D eigenvalue weighted by atomic mass is 9.81. The highest BCUT2D eigenvalue weighted by molar-refractivity contribution is 6.31. The minimum Gasteiger partial charge on any atom is -0.481 e. The van der Waals surface area contributed by atoms with E-state index in [9.17, 15) is 18.0 Å². The molecule has 1 aromatic rings. The van der Waals surface area contributed by atoms with Crippen molar-refractivity contribution in [2.24, 2.45) is 0 Å². The van der Waals surface area contributed by atoms with E-state index in [2.05, 4.69) is 0 Å². The summed E-state index contributed by atoms with van der Waals surface area (Å²) in [5.74, 6) is -4.82. The predicted molar refractivity (Wildman–Crippen MR) is 56.6 cm³/mol. The molecule has 0 atom stereocenters. The maximum Gasteiger partial charge on any atom is 0.304 e. The molecule has 94 valence electrons. The lowest BCUT2D eigenvalue weighted by molar-refractivity contribution is -0.138. The molecule has 0 amide bonds. The van der Waals surface area contributed by atoms with E-state index in [1.165, 1.54) is 13.8 Å². The summed E-state index contributed by atoms with van der Waals surface area (Å²) in [7, 11) is 0. The van der Waals surface area contributed by atoms with Gasteiger partial charge < -0.3 is 5.11 Å². The molecular formula is C11H10ClF3O2. The van der Waals surface area contributed by atoms with Crippen LogP contribution in [0.2, 0.25) is 5.02 Å². The minimum atomic E-state index is -1.32. The molecule has 0 heterocycles. The van der Waals surface area contributed by atoms with Gasteiger partial charge in [-0.15, -0.1) is 0 Å². The maximum atomic E-state index is 13.7. The third-order valence-corrected chi connectivity index (χ3v) is 2.73. The number of benzene rings is 1. The summed E-state index contributed by atoms with van der Waals surface area (Å²) in [6, 6.07) is 0.449. The van der Waals surface area contributed by atoms with E-state index < -0.39 is 45.8 Å². The molecule has 1 rings (SSSR count). The fraction of sp³-hybridized carbons (Fsp3) is 0.364. The van der Waals surface area contributed by atoms with Gasteiger partial charge in [-0.2, -0.15) is 0 Å². The van der Waals surface area contributed by atoms with E-state index in [1.807, 2.05) is 0 Å². The average molecular weight is 267 g/mol. The SMILES string of the molecule is CC(C)(CC(=O)O)c1c(F)cc(F)c(Cl)c1F. The normalized spacial score (nSPS) is 11.6.